The van der Waals surface area contributed by atoms with Gasteiger partial charge >= 0.3 is 6.09 Å². The predicted octanol–water partition coefficient (Wildman–Crippen LogP) is 3.93. The van der Waals surface area contributed by atoms with Gasteiger partial charge in [-0.1, -0.05) is 24.3 Å². The van der Waals surface area contributed by atoms with E-state index in [0.29, 0.717) is 29.2 Å². The molecule has 4 N–H and O–H groups in total. The van der Waals surface area contributed by atoms with Crippen LogP contribution in [0.2, 0.25) is 0 Å². The van der Waals surface area contributed by atoms with Crippen molar-refractivity contribution >= 4 is 40.1 Å². The number of anilines is 2. The molecule has 0 fully saturated rings. The van der Waals surface area contributed by atoms with Crippen LogP contribution in [0, 0.1) is 0 Å². The van der Waals surface area contributed by atoms with E-state index >= 15 is 0 Å². The lowest BCUT2D eigenvalue weighted by Gasteiger charge is -2.06. The molecule has 32 heavy (non-hydrogen) atoms. The van der Waals surface area contributed by atoms with Gasteiger partial charge in [0.2, 0.25) is 5.91 Å². The van der Waals surface area contributed by atoms with Gasteiger partial charge in [-0.3, -0.25) is 14.9 Å². The summed E-state index contributed by atoms with van der Waals surface area (Å²) >= 11 is 1.44. The zero-order chi connectivity index (χ0) is 23.1. The van der Waals surface area contributed by atoms with Crippen LogP contribution in [0.3, 0.4) is 0 Å². The van der Waals surface area contributed by atoms with Crippen LogP contribution in [0.5, 0.6) is 0 Å². The number of nitrogens with one attached hydrogen (secondary N) is 3. The molecule has 0 bridgehead atoms. The molecule has 0 saturated heterocycles. The molecule has 0 radical (unpaired) electrons. The highest BCUT2D eigenvalue weighted by Crippen LogP contribution is 2.27. The van der Waals surface area contributed by atoms with Crippen LogP contribution >= 0.6 is 11.3 Å². The van der Waals surface area contributed by atoms with Gasteiger partial charge in [-0.05, 0) is 48.2 Å². The minimum Gasteiger partial charge on any atom is -0.465 e. The van der Waals surface area contributed by atoms with Gasteiger partial charge in [-0.25, -0.2) is 9.78 Å². The van der Waals surface area contributed by atoms with Crippen molar-refractivity contribution in [2.75, 3.05) is 17.7 Å². The van der Waals surface area contributed by atoms with Gasteiger partial charge < -0.3 is 15.7 Å². The number of rotatable bonds is 8. The number of aryl methyl sites for hydroxylation is 2. The Hall–Kier alpha value is -3.72. The summed E-state index contributed by atoms with van der Waals surface area (Å²) in [4.78, 5) is 39.6. The maximum Gasteiger partial charge on any atom is 0.409 e. The molecular weight excluding hydrogens is 428 g/mol. The summed E-state index contributed by atoms with van der Waals surface area (Å²) in [7, 11) is 1.60. The van der Waals surface area contributed by atoms with Crippen LogP contribution < -0.4 is 16.0 Å². The Morgan fingerprint density at radius 2 is 1.59 bits per heavy atom. The van der Waals surface area contributed by atoms with E-state index in [0.717, 1.165) is 28.1 Å². The zero-order valence-electron chi connectivity index (χ0n) is 17.8. The Labute approximate surface area is 189 Å². The molecule has 0 aliphatic rings. The van der Waals surface area contributed by atoms with Crippen molar-refractivity contribution in [2.45, 2.75) is 26.2 Å². The van der Waals surface area contributed by atoms with Gasteiger partial charge in [0.1, 0.15) is 0 Å². The van der Waals surface area contributed by atoms with Crippen molar-refractivity contribution in [1.29, 1.82) is 0 Å². The summed E-state index contributed by atoms with van der Waals surface area (Å²) in [5.41, 5.74) is 4.11. The monoisotopic (exact) mass is 452 g/mol. The quantitative estimate of drug-likeness (QED) is 0.413. The molecule has 0 atom stereocenters. The first-order valence-electron chi connectivity index (χ1n) is 10.00. The van der Waals surface area contributed by atoms with Gasteiger partial charge in [-0.2, -0.15) is 0 Å². The summed E-state index contributed by atoms with van der Waals surface area (Å²) < 4.78 is 0. The first kappa shape index (κ1) is 23.0. The Kier molecular flexibility index (Phi) is 7.56. The summed E-state index contributed by atoms with van der Waals surface area (Å²) in [5.74, 6) is -0.305. The lowest BCUT2D eigenvalue weighted by Crippen LogP contribution is -2.17. The number of carbonyl (C=O) groups is 3. The number of aromatic nitrogens is 1. The largest absolute Gasteiger partial charge is 0.465 e. The van der Waals surface area contributed by atoms with Gasteiger partial charge in [0, 0.05) is 36.5 Å². The lowest BCUT2D eigenvalue weighted by molar-refractivity contribution is -0.114. The lowest BCUT2D eigenvalue weighted by atomic mass is 10.0. The van der Waals surface area contributed by atoms with E-state index in [1.54, 1.807) is 31.3 Å². The van der Waals surface area contributed by atoms with Crippen LogP contribution in [0.25, 0.3) is 0 Å². The van der Waals surface area contributed by atoms with E-state index in [9.17, 15) is 14.4 Å². The molecule has 166 valence electrons. The van der Waals surface area contributed by atoms with E-state index in [1.165, 1.54) is 18.3 Å². The number of thiazole rings is 1. The van der Waals surface area contributed by atoms with Crippen molar-refractivity contribution in [2.24, 2.45) is 0 Å². The standard InChI is InChI=1S/C23H24N4O4S/c1-14(28)25-22-27-19(12-7-15-5-10-18(11-6-15)26-23(30)31)20(32-22)13-16-3-8-17(9-4-16)21(29)24-2/h3-6,8-11,26H,7,12-13H2,1-2H3,(H,24,29)(H,30,31)(H,25,27,28). The number of nitrogens with zero attached hydrogens (tertiary/aromatic N) is 1. The Bertz CT molecular complexity index is 1110. The van der Waals surface area contributed by atoms with Crippen LogP contribution in [-0.2, 0) is 24.1 Å². The average molecular weight is 453 g/mol. The molecule has 3 rings (SSSR count). The fraction of sp³-hybridized carbons (Fsp3) is 0.217. The van der Waals surface area contributed by atoms with Crippen LogP contribution in [0.1, 0.15) is 39.0 Å². The zero-order valence-corrected chi connectivity index (χ0v) is 18.6. The SMILES string of the molecule is CNC(=O)c1ccc(Cc2sc(NC(C)=O)nc2CCc2ccc(NC(=O)O)cc2)cc1. The Balaban J connectivity index is 1.74. The summed E-state index contributed by atoms with van der Waals surface area (Å²) in [6.07, 6.45) is 0.938. The van der Waals surface area contributed by atoms with Crippen LogP contribution in [0.15, 0.2) is 48.5 Å². The van der Waals surface area contributed by atoms with Crippen molar-refractivity contribution in [3.05, 3.63) is 75.8 Å². The fourth-order valence-electron chi connectivity index (χ4n) is 3.17. The van der Waals surface area contributed by atoms with Crippen molar-refractivity contribution < 1.29 is 19.5 Å². The van der Waals surface area contributed by atoms with Crippen molar-refractivity contribution in [1.82, 2.24) is 10.3 Å². The number of benzene rings is 2. The minimum atomic E-state index is -1.10. The molecule has 0 aliphatic heterocycles. The van der Waals surface area contributed by atoms with Crippen LogP contribution in [0.4, 0.5) is 15.6 Å². The smallest absolute Gasteiger partial charge is 0.409 e. The number of carbonyl (C=O) groups excluding carboxylic acids is 2. The second kappa shape index (κ2) is 10.5. The first-order valence-corrected chi connectivity index (χ1v) is 10.8. The second-order valence-electron chi connectivity index (χ2n) is 7.15. The van der Waals surface area contributed by atoms with E-state index in [-0.39, 0.29) is 11.8 Å². The number of carboxylic acid groups (broad SMARTS) is 1. The first-order chi connectivity index (χ1) is 15.3. The summed E-state index contributed by atoms with van der Waals surface area (Å²) in [6.45, 7) is 1.45. The number of amides is 3. The third-order valence-corrected chi connectivity index (χ3v) is 5.74. The molecule has 0 saturated carbocycles. The predicted molar refractivity (Wildman–Crippen MR) is 125 cm³/mol. The van der Waals surface area contributed by atoms with Crippen molar-refractivity contribution in [3.63, 3.8) is 0 Å². The molecule has 3 aromatic rings. The normalized spacial score (nSPS) is 10.4. The van der Waals surface area contributed by atoms with E-state index in [4.69, 9.17) is 5.11 Å². The van der Waals surface area contributed by atoms with E-state index in [2.05, 4.69) is 20.9 Å². The van der Waals surface area contributed by atoms with Gasteiger partial charge in [0.25, 0.3) is 5.91 Å². The number of hydrogen-bond acceptors (Lipinski definition) is 5. The molecule has 3 amide bonds. The molecule has 8 nitrogen and oxygen atoms in total. The highest BCUT2D eigenvalue weighted by molar-refractivity contribution is 7.15. The molecule has 0 spiro atoms. The summed E-state index contributed by atoms with van der Waals surface area (Å²) in [5, 5.41) is 17.0. The highest BCUT2D eigenvalue weighted by Gasteiger charge is 2.14. The number of hydrogen-bond donors (Lipinski definition) is 4. The fourth-order valence-corrected chi connectivity index (χ4v) is 4.25. The summed E-state index contributed by atoms with van der Waals surface area (Å²) in [6, 6.07) is 14.6. The van der Waals surface area contributed by atoms with Gasteiger partial charge in [0.15, 0.2) is 5.13 Å². The molecule has 2 aromatic carbocycles. The molecule has 1 heterocycles. The second-order valence-corrected chi connectivity index (χ2v) is 8.23. The Morgan fingerprint density at radius 1 is 0.938 bits per heavy atom. The van der Waals surface area contributed by atoms with Gasteiger partial charge in [-0.15, -0.1) is 11.3 Å². The van der Waals surface area contributed by atoms with E-state index < -0.39 is 6.09 Å². The molecule has 9 heteroatoms. The third-order valence-electron chi connectivity index (χ3n) is 4.72. The van der Waals surface area contributed by atoms with E-state index in [1.807, 2.05) is 24.3 Å². The molecular formula is C23H24N4O4S. The Morgan fingerprint density at radius 3 is 2.19 bits per heavy atom. The maximum absolute atomic E-state index is 11.7. The molecule has 1 aromatic heterocycles. The maximum atomic E-state index is 11.7. The average Bonchev–Trinajstić information content (AvgIpc) is 3.13. The molecule has 0 aliphatic carbocycles. The van der Waals surface area contributed by atoms with Crippen LogP contribution in [-0.4, -0.2) is 35.0 Å². The van der Waals surface area contributed by atoms with Crippen molar-refractivity contribution in [3.8, 4) is 0 Å². The molecule has 0 unspecified atom stereocenters. The topological polar surface area (TPSA) is 120 Å². The van der Waals surface area contributed by atoms with Gasteiger partial charge in [0.05, 0.1) is 5.69 Å². The highest BCUT2D eigenvalue weighted by atomic mass is 32.1. The minimum absolute atomic E-state index is 0.132. The third kappa shape index (κ3) is 6.39.